The smallest absolute Gasteiger partial charge is 0.227 e. The molecule has 0 saturated heterocycles. The van der Waals surface area contributed by atoms with Crippen LogP contribution in [0.25, 0.3) is 0 Å². The zero-order chi connectivity index (χ0) is 19.2. The zero-order valence-corrected chi connectivity index (χ0v) is 16.5. The molecule has 5 nitrogen and oxygen atoms in total. The Morgan fingerprint density at radius 1 is 1.04 bits per heavy atom. The number of amides is 1. The highest BCUT2D eigenvalue weighted by Crippen LogP contribution is 2.33. The number of para-hydroxylation sites is 2. The minimum absolute atomic E-state index is 0.186. The standard InChI is InChI=1S/C22H29N3O2/c1-23(2)14-15-24-16-17-25(21-7-5-4-6-20(21)24)22(26)13-10-18-8-11-19(27-3)12-9-18/h4-9,11-12H,10,13-17H2,1-3H3. The molecule has 0 saturated carbocycles. The van der Waals surface area contributed by atoms with E-state index in [2.05, 4.69) is 36.0 Å². The summed E-state index contributed by atoms with van der Waals surface area (Å²) in [6.07, 6.45) is 1.25. The van der Waals surface area contributed by atoms with Gasteiger partial charge in [0, 0.05) is 32.6 Å². The van der Waals surface area contributed by atoms with Gasteiger partial charge in [-0.2, -0.15) is 0 Å². The lowest BCUT2D eigenvalue weighted by Gasteiger charge is -2.38. The van der Waals surface area contributed by atoms with Crippen molar-refractivity contribution in [3.63, 3.8) is 0 Å². The minimum Gasteiger partial charge on any atom is -0.497 e. The van der Waals surface area contributed by atoms with E-state index in [9.17, 15) is 4.79 Å². The normalized spacial score (nSPS) is 13.6. The average Bonchev–Trinajstić information content (AvgIpc) is 2.70. The van der Waals surface area contributed by atoms with E-state index in [-0.39, 0.29) is 5.91 Å². The van der Waals surface area contributed by atoms with Crippen molar-refractivity contribution in [1.82, 2.24) is 4.90 Å². The van der Waals surface area contributed by atoms with Crippen molar-refractivity contribution in [2.75, 3.05) is 57.2 Å². The number of fused-ring (bicyclic) bond motifs is 1. The van der Waals surface area contributed by atoms with Crippen LogP contribution in [0.2, 0.25) is 0 Å². The third-order valence-corrected chi connectivity index (χ3v) is 5.01. The molecule has 0 spiro atoms. The number of hydrogen-bond donors (Lipinski definition) is 0. The van der Waals surface area contributed by atoms with Crippen molar-refractivity contribution in [2.45, 2.75) is 12.8 Å². The van der Waals surface area contributed by atoms with Gasteiger partial charge in [-0.3, -0.25) is 4.79 Å². The summed E-state index contributed by atoms with van der Waals surface area (Å²) in [5.41, 5.74) is 3.34. The Balaban J connectivity index is 1.66. The lowest BCUT2D eigenvalue weighted by Crippen LogP contribution is -2.45. The number of nitrogens with zero attached hydrogens (tertiary/aromatic N) is 3. The molecule has 0 bridgehead atoms. The number of anilines is 2. The number of ether oxygens (including phenoxy) is 1. The van der Waals surface area contributed by atoms with Crippen molar-refractivity contribution < 1.29 is 9.53 Å². The largest absolute Gasteiger partial charge is 0.497 e. The first-order valence-electron chi connectivity index (χ1n) is 9.50. The van der Waals surface area contributed by atoms with Gasteiger partial charge in [-0.15, -0.1) is 0 Å². The maximum atomic E-state index is 12.9. The summed E-state index contributed by atoms with van der Waals surface area (Å²) in [6, 6.07) is 16.2. The van der Waals surface area contributed by atoms with Crippen LogP contribution in [0.5, 0.6) is 5.75 Å². The summed E-state index contributed by atoms with van der Waals surface area (Å²) >= 11 is 0. The Labute approximate surface area is 162 Å². The fraction of sp³-hybridized carbons (Fsp3) is 0.409. The first-order valence-corrected chi connectivity index (χ1v) is 9.50. The summed E-state index contributed by atoms with van der Waals surface area (Å²) in [4.78, 5) is 19.4. The molecule has 1 amide bonds. The molecule has 0 fully saturated rings. The monoisotopic (exact) mass is 367 g/mol. The van der Waals surface area contributed by atoms with Gasteiger partial charge in [0.15, 0.2) is 0 Å². The predicted molar refractivity (Wildman–Crippen MR) is 111 cm³/mol. The van der Waals surface area contributed by atoms with Crippen molar-refractivity contribution >= 4 is 17.3 Å². The van der Waals surface area contributed by atoms with E-state index in [0.717, 1.165) is 55.3 Å². The molecule has 2 aromatic carbocycles. The molecule has 0 N–H and O–H groups in total. The summed E-state index contributed by atoms with van der Waals surface area (Å²) in [7, 11) is 5.84. The van der Waals surface area contributed by atoms with Gasteiger partial charge < -0.3 is 19.4 Å². The number of carbonyl (C=O) groups excluding carboxylic acids is 1. The second-order valence-electron chi connectivity index (χ2n) is 7.17. The van der Waals surface area contributed by atoms with Crippen LogP contribution in [0.1, 0.15) is 12.0 Å². The van der Waals surface area contributed by atoms with Crippen LogP contribution in [-0.4, -0.2) is 58.2 Å². The molecular weight excluding hydrogens is 338 g/mol. The van der Waals surface area contributed by atoms with Gasteiger partial charge in [-0.25, -0.2) is 0 Å². The second kappa shape index (κ2) is 8.91. The second-order valence-corrected chi connectivity index (χ2v) is 7.17. The molecule has 1 heterocycles. The molecule has 5 heteroatoms. The van der Waals surface area contributed by atoms with E-state index in [1.54, 1.807) is 7.11 Å². The number of aryl methyl sites for hydroxylation is 1. The Morgan fingerprint density at radius 2 is 1.74 bits per heavy atom. The van der Waals surface area contributed by atoms with Gasteiger partial charge in [0.2, 0.25) is 5.91 Å². The van der Waals surface area contributed by atoms with Gasteiger partial charge in [0.05, 0.1) is 18.5 Å². The average molecular weight is 367 g/mol. The highest BCUT2D eigenvalue weighted by molar-refractivity contribution is 5.98. The Kier molecular flexibility index (Phi) is 6.35. The zero-order valence-electron chi connectivity index (χ0n) is 16.5. The number of benzene rings is 2. The van der Waals surface area contributed by atoms with Crippen molar-refractivity contribution in [3.05, 3.63) is 54.1 Å². The van der Waals surface area contributed by atoms with E-state index in [0.29, 0.717) is 6.42 Å². The number of carbonyl (C=O) groups is 1. The molecule has 0 aromatic heterocycles. The lowest BCUT2D eigenvalue weighted by molar-refractivity contribution is -0.118. The Morgan fingerprint density at radius 3 is 2.41 bits per heavy atom. The fourth-order valence-electron chi connectivity index (χ4n) is 3.41. The molecule has 27 heavy (non-hydrogen) atoms. The van der Waals surface area contributed by atoms with Gasteiger partial charge in [0.1, 0.15) is 5.75 Å². The first kappa shape index (κ1) is 19.2. The maximum absolute atomic E-state index is 12.9. The van der Waals surface area contributed by atoms with Crippen molar-refractivity contribution in [1.29, 1.82) is 0 Å². The van der Waals surface area contributed by atoms with Crippen molar-refractivity contribution in [2.24, 2.45) is 0 Å². The van der Waals surface area contributed by atoms with E-state index >= 15 is 0 Å². The van der Waals surface area contributed by atoms with Crippen LogP contribution in [0, 0.1) is 0 Å². The number of hydrogen-bond acceptors (Lipinski definition) is 4. The van der Waals surface area contributed by atoms with Crippen LogP contribution in [-0.2, 0) is 11.2 Å². The van der Waals surface area contributed by atoms with Crippen LogP contribution in [0.4, 0.5) is 11.4 Å². The molecular formula is C22H29N3O2. The molecule has 0 atom stereocenters. The maximum Gasteiger partial charge on any atom is 0.227 e. The third-order valence-electron chi connectivity index (χ3n) is 5.01. The molecule has 0 aliphatic carbocycles. The molecule has 2 aromatic rings. The summed E-state index contributed by atoms with van der Waals surface area (Å²) in [5.74, 6) is 1.03. The predicted octanol–water partition coefficient (Wildman–Crippen LogP) is 3.04. The molecule has 1 aliphatic rings. The number of likely N-dealkylation sites (N-methyl/N-ethyl adjacent to an activating group) is 1. The van der Waals surface area contributed by atoms with E-state index in [1.165, 1.54) is 0 Å². The van der Waals surface area contributed by atoms with E-state index in [1.807, 2.05) is 41.3 Å². The van der Waals surface area contributed by atoms with Gasteiger partial charge in [-0.1, -0.05) is 24.3 Å². The van der Waals surface area contributed by atoms with Gasteiger partial charge >= 0.3 is 0 Å². The topological polar surface area (TPSA) is 36.0 Å². The van der Waals surface area contributed by atoms with E-state index in [4.69, 9.17) is 4.74 Å². The third kappa shape index (κ3) is 4.80. The quantitative estimate of drug-likeness (QED) is 0.754. The molecule has 144 valence electrons. The van der Waals surface area contributed by atoms with E-state index < -0.39 is 0 Å². The fourth-order valence-corrected chi connectivity index (χ4v) is 3.41. The summed E-state index contributed by atoms with van der Waals surface area (Å²) < 4.78 is 5.19. The lowest BCUT2D eigenvalue weighted by atomic mass is 10.1. The van der Waals surface area contributed by atoms with Gasteiger partial charge in [-0.05, 0) is 50.3 Å². The van der Waals surface area contributed by atoms with Crippen LogP contribution in [0.15, 0.2) is 48.5 Å². The van der Waals surface area contributed by atoms with Gasteiger partial charge in [0.25, 0.3) is 0 Å². The molecule has 0 radical (unpaired) electrons. The van der Waals surface area contributed by atoms with Crippen LogP contribution in [0.3, 0.4) is 0 Å². The summed E-state index contributed by atoms with van der Waals surface area (Å²) in [5, 5.41) is 0. The number of methoxy groups -OCH3 is 1. The molecule has 1 aliphatic heterocycles. The number of rotatable bonds is 7. The Hall–Kier alpha value is -2.53. The molecule has 0 unspecified atom stereocenters. The van der Waals surface area contributed by atoms with Crippen LogP contribution < -0.4 is 14.5 Å². The highest BCUT2D eigenvalue weighted by Gasteiger charge is 2.26. The molecule has 3 rings (SSSR count). The first-order chi connectivity index (χ1) is 13.1. The minimum atomic E-state index is 0.186. The summed E-state index contributed by atoms with van der Waals surface area (Å²) in [6.45, 7) is 3.59. The SMILES string of the molecule is COc1ccc(CCC(=O)N2CCN(CCN(C)C)c3ccccc32)cc1. The van der Waals surface area contributed by atoms with Crippen molar-refractivity contribution in [3.8, 4) is 5.75 Å². The Bertz CT molecular complexity index is 758. The highest BCUT2D eigenvalue weighted by atomic mass is 16.5. The van der Waals surface area contributed by atoms with Crippen LogP contribution >= 0.6 is 0 Å².